The fraction of sp³-hybridized carbons (Fsp3) is 0.472. The number of halogens is 2. The second-order valence-corrected chi connectivity index (χ2v) is 63.8. The van der Waals surface area contributed by atoms with Gasteiger partial charge in [0.15, 0.2) is 0 Å². The van der Waals surface area contributed by atoms with Gasteiger partial charge in [0.25, 0.3) is 0 Å². The summed E-state index contributed by atoms with van der Waals surface area (Å²) in [6.07, 6.45) is 20.3. The molecule has 0 spiro atoms. The van der Waals surface area contributed by atoms with E-state index in [1.165, 1.54) is 126 Å². The molecule has 2 unspecified atom stereocenters. The topological polar surface area (TPSA) is 0 Å². The van der Waals surface area contributed by atoms with E-state index >= 15 is 0 Å². The third kappa shape index (κ3) is 6.25. The van der Waals surface area contributed by atoms with Crippen LogP contribution in [-0.2, 0) is 26.4 Å². The van der Waals surface area contributed by atoms with Crippen molar-refractivity contribution in [2.75, 3.05) is 0 Å². The molecule has 2 atom stereocenters. The summed E-state index contributed by atoms with van der Waals surface area (Å²) in [4.78, 5) is 0. The Balaban J connectivity index is 1.06. The van der Waals surface area contributed by atoms with Gasteiger partial charge in [-0.3, -0.25) is 0 Å². The fourth-order valence-electron chi connectivity index (χ4n) is 14.1. The van der Waals surface area contributed by atoms with Crippen molar-refractivity contribution in [1.82, 2.24) is 0 Å². The quantitative estimate of drug-likeness (QED) is 0.162. The minimum absolute atomic E-state index is 0.111. The van der Waals surface area contributed by atoms with E-state index in [1.54, 1.807) is 11.1 Å². The van der Waals surface area contributed by atoms with Crippen LogP contribution in [0.4, 0.5) is 0 Å². The number of fused-ring (bicyclic) bond motifs is 2. The first kappa shape index (κ1) is 39.2. The molecule has 0 saturated heterocycles. The molecule has 0 aliphatic heterocycles. The van der Waals surface area contributed by atoms with E-state index in [0.29, 0.717) is 11.3 Å². The Morgan fingerprint density at radius 1 is 0.632 bits per heavy atom. The number of hydrogen-bond acceptors (Lipinski definition) is 0. The van der Waals surface area contributed by atoms with Crippen molar-refractivity contribution >= 4 is 35.1 Å². The van der Waals surface area contributed by atoms with Gasteiger partial charge in [-0.2, -0.15) is 0 Å². The van der Waals surface area contributed by atoms with Crippen LogP contribution in [0.1, 0.15) is 139 Å². The molecule has 7 aliphatic carbocycles. The van der Waals surface area contributed by atoms with Crippen LogP contribution in [-0.4, -0.2) is 5.92 Å². The number of allylic oxidation sites excluding steroid dienone is 2. The molecule has 0 aromatic heterocycles. The predicted octanol–water partition coefficient (Wildman–Crippen LogP) is 15.9. The van der Waals surface area contributed by atoms with Crippen molar-refractivity contribution in [3.8, 4) is 22.3 Å². The number of rotatable bonds is 7. The van der Waals surface area contributed by atoms with Gasteiger partial charge in [0, 0.05) is 0 Å². The van der Waals surface area contributed by atoms with Crippen molar-refractivity contribution in [3.63, 3.8) is 0 Å². The molecule has 0 radical (unpaired) electrons. The van der Waals surface area contributed by atoms with Crippen LogP contribution >= 0.6 is 17.0 Å². The molecule has 297 valence electrons. The minimum atomic E-state index is -4.89. The number of benzene rings is 4. The summed E-state index contributed by atoms with van der Waals surface area (Å²) in [6.45, 7) is 14.3. The Bertz CT molecular complexity index is 2250. The summed E-state index contributed by atoms with van der Waals surface area (Å²) in [7, 11) is 17.8. The molecule has 4 aromatic carbocycles. The van der Waals surface area contributed by atoms with Crippen molar-refractivity contribution < 1.29 is 15.6 Å². The van der Waals surface area contributed by atoms with Gasteiger partial charge in [0.05, 0.1) is 0 Å². The molecule has 0 heterocycles. The zero-order valence-corrected chi connectivity index (χ0v) is 40.4. The van der Waals surface area contributed by atoms with Crippen molar-refractivity contribution in [2.24, 2.45) is 23.7 Å². The molecule has 5 saturated carbocycles. The second-order valence-electron chi connectivity index (χ2n) is 21.3. The Morgan fingerprint density at radius 2 is 1.14 bits per heavy atom. The van der Waals surface area contributed by atoms with Crippen LogP contribution in [0.25, 0.3) is 34.4 Å². The normalized spacial score (nSPS) is 28.9. The Hall–Kier alpha value is -1.96. The summed E-state index contributed by atoms with van der Waals surface area (Å²) in [5, 5.41) is 0. The molecule has 11 rings (SSSR count). The van der Waals surface area contributed by atoms with E-state index in [0.717, 1.165) is 17.8 Å². The first-order chi connectivity index (χ1) is 27.2. The molecular formula is C53H63Cl2SiZr. The summed E-state index contributed by atoms with van der Waals surface area (Å²) >= 11 is -4.89. The van der Waals surface area contributed by atoms with E-state index in [4.69, 9.17) is 17.0 Å². The molecule has 57 heavy (non-hydrogen) atoms. The zero-order valence-electron chi connectivity index (χ0n) is 35.3. The molecule has 5 fully saturated rings. The maximum atomic E-state index is 8.90. The van der Waals surface area contributed by atoms with Crippen LogP contribution in [0.5, 0.6) is 0 Å². The van der Waals surface area contributed by atoms with E-state index < -0.39 is 21.5 Å². The van der Waals surface area contributed by atoms with Gasteiger partial charge in [-0.15, -0.1) is 0 Å². The predicted molar refractivity (Wildman–Crippen MR) is 247 cm³/mol. The third-order valence-electron chi connectivity index (χ3n) is 16.6. The molecule has 0 N–H and O–H groups in total. The van der Waals surface area contributed by atoms with Crippen LogP contribution in [0.3, 0.4) is 0 Å². The summed E-state index contributed by atoms with van der Waals surface area (Å²) in [5.41, 5.74) is 17.4. The van der Waals surface area contributed by atoms with E-state index in [2.05, 4.69) is 138 Å². The Kier molecular flexibility index (Phi) is 9.66. The van der Waals surface area contributed by atoms with Crippen LogP contribution in [0.2, 0.25) is 13.1 Å². The van der Waals surface area contributed by atoms with E-state index in [1.807, 2.05) is 0 Å². The maximum absolute atomic E-state index is 8.90. The first-order valence-corrected chi connectivity index (χ1v) is 39.0. The molecule has 0 nitrogen and oxygen atoms in total. The standard InChI is InChI=1S/C26H27.C25H29.C2H7Si.2ClH.Zr/c1-17-9-22-3-2-4-24(25(22)10-17)21-5-7-23(8-6-21)26-14-18-11-19(15-26)13-20(12-18)16-26;1-25(2,3)22-14-12-19(13-15-22)23-11-7-10-20-16-21(17-24(20)23)18-8-5-4-6-9-18;1-3-2;;;/h2-10,18-20H,11-16H2,1H3;7,10-18H,4-6,8-9H2,1-3H3;3H,1-2H3;2*1H;/q;;;;;+2/p-2. The van der Waals surface area contributed by atoms with Crippen LogP contribution < -0.4 is 0 Å². The van der Waals surface area contributed by atoms with Gasteiger partial charge in [-0.05, 0) is 0 Å². The van der Waals surface area contributed by atoms with E-state index in [9.17, 15) is 0 Å². The Labute approximate surface area is 352 Å². The molecule has 0 amide bonds. The van der Waals surface area contributed by atoms with E-state index in [-0.39, 0.29) is 12.7 Å². The SMILES string of the molecule is CC1=Cc2c(-c3ccc(C45CC6CC(CC(C6)C4)C5)cc3)cccc2[CH]1[Zr]([Cl])([Cl])([CH]1C(C2CCCCC2)=Cc2c(-c3ccc(C(C)(C)C)cc3)cccc21)[SiH](C)C. The zero-order chi connectivity index (χ0) is 39.5. The molecule has 4 aromatic rings. The summed E-state index contributed by atoms with van der Waals surface area (Å²) in [6, 6.07) is 33.5. The van der Waals surface area contributed by atoms with Gasteiger partial charge in [0.2, 0.25) is 0 Å². The molecule has 7 aliphatic rings. The van der Waals surface area contributed by atoms with Crippen molar-refractivity contribution in [3.05, 3.63) is 129 Å². The third-order valence-corrected chi connectivity index (χ3v) is 68.5. The number of hydrogen-bond donors (Lipinski definition) is 0. The van der Waals surface area contributed by atoms with Crippen molar-refractivity contribution in [2.45, 2.75) is 129 Å². The molecular weight excluding hydrogens is 827 g/mol. The van der Waals surface area contributed by atoms with Crippen molar-refractivity contribution in [1.29, 1.82) is 0 Å². The average Bonchev–Trinajstić information content (AvgIpc) is 3.77. The fourth-order valence-corrected chi connectivity index (χ4v) is 46.0. The van der Waals surface area contributed by atoms with Crippen LogP contribution in [0.15, 0.2) is 96.1 Å². The Morgan fingerprint density at radius 3 is 1.67 bits per heavy atom. The average molecular weight is 890 g/mol. The van der Waals surface area contributed by atoms with Crippen LogP contribution in [0, 0.1) is 23.7 Å². The summed E-state index contributed by atoms with van der Waals surface area (Å²) in [5.74, 6) is 1.77. The summed E-state index contributed by atoms with van der Waals surface area (Å²) < 4.78 is 0.246. The van der Waals surface area contributed by atoms with Gasteiger partial charge in [-0.25, -0.2) is 0 Å². The van der Waals surface area contributed by atoms with Gasteiger partial charge >= 0.3 is 356 Å². The molecule has 4 heteroatoms. The molecule has 4 bridgehead atoms. The second kappa shape index (κ2) is 14.0. The first-order valence-electron chi connectivity index (χ1n) is 22.7. The van der Waals surface area contributed by atoms with Gasteiger partial charge in [-0.1, -0.05) is 0 Å². The van der Waals surface area contributed by atoms with Gasteiger partial charge in [0.1, 0.15) is 0 Å². The monoisotopic (exact) mass is 887 g/mol. The van der Waals surface area contributed by atoms with Gasteiger partial charge < -0.3 is 0 Å².